The number of carbonyl (C=O) groups is 1. The molecule has 0 aliphatic carbocycles. The number of ether oxygens (including phenoxy) is 3. The minimum atomic E-state index is -0.468. The Morgan fingerprint density at radius 3 is 2.23 bits per heavy atom. The second kappa shape index (κ2) is 8.67. The van der Waals surface area contributed by atoms with Crippen molar-refractivity contribution in [1.82, 2.24) is 9.55 Å². The van der Waals surface area contributed by atoms with Crippen LogP contribution in [0.1, 0.15) is 29.6 Å². The quantitative estimate of drug-likeness (QED) is 0.583. The highest BCUT2D eigenvalue weighted by Crippen LogP contribution is 2.28. The molecule has 162 valence electrons. The Hall–Kier alpha value is -3.55. The van der Waals surface area contributed by atoms with Gasteiger partial charge in [0.15, 0.2) is 0 Å². The van der Waals surface area contributed by atoms with Crippen molar-refractivity contribution in [1.29, 1.82) is 0 Å². The van der Waals surface area contributed by atoms with Gasteiger partial charge in [-0.2, -0.15) is 0 Å². The molecule has 8 nitrogen and oxygen atoms in total. The Balaban J connectivity index is 1.99. The lowest BCUT2D eigenvalue weighted by atomic mass is 10.1. The maximum absolute atomic E-state index is 13.6. The number of rotatable bonds is 5. The highest BCUT2D eigenvalue weighted by atomic mass is 16.5. The highest BCUT2D eigenvalue weighted by molar-refractivity contribution is 5.94. The molecule has 0 saturated carbocycles. The molecule has 0 bridgehead atoms. The molecule has 2 aromatic carbocycles. The molecule has 0 amide bonds. The lowest BCUT2D eigenvalue weighted by molar-refractivity contribution is 0.0601. The predicted molar refractivity (Wildman–Crippen MR) is 118 cm³/mol. The molecule has 0 spiro atoms. The van der Waals surface area contributed by atoms with E-state index < -0.39 is 5.97 Å². The number of fused-ring (bicyclic) bond motifs is 1. The maximum Gasteiger partial charge on any atom is 0.337 e. The van der Waals surface area contributed by atoms with Crippen molar-refractivity contribution in [3.63, 3.8) is 0 Å². The summed E-state index contributed by atoms with van der Waals surface area (Å²) < 4.78 is 17.2. The van der Waals surface area contributed by atoms with Gasteiger partial charge in [0.25, 0.3) is 5.56 Å². The Morgan fingerprint density at radius 1 is 0.935 bits per heavy atom. The fraction of sp³-hybridized carbons (Fsp3) is 0.348. The molecule has 3 aromatic rings. The molecular formula is C23H25N3O5. The first-order chi connectivity index (χ1) is 15.0. The van der Waals surface area contributed by atoms with E-state index in [1.165, 1.54) is 7.11 Å². The Bertz CT molecular complexity index is 1160. The molecule has 0 N–H and O–H groups in total. The number of hydrogen-bond donors (Lipinski definition) is 0. The van der Waals surface area contributed by atoms with E-state index in [2.05, 4.69) is 4.90 Å². The van der Waals surface area contributed by atoms with Gasteiger partial charge >= 0.3 is 5.97 Å². The third-order valence-electron chi connectivity index (χ3n) is 5.51. The zero-order valence-electron chi connectivity index (χ0n) is 17.9. The van der Waals surface area contributed by atoms with E-state index in [4.69, 9.17) is 19.2 Å². The van der Waals surface area contributed by atoms with E-state index in [1.807, 2.05) is 0 Å². The molecule has 1 aliphatic heterocycles. The van der Waals surface area contributed by atoms with E-state index >= 15 is 0 Å². The van der Waals surface area contributed by atoms with Crippen LogP contribution in [0.3, 0.4) is 0 Å². The van der Waals surface area contributed by atoms with Crippen LogP contribution >= 0.6 is 0 Å². The predicted octanol–water partition coefficient (Wildman–Crippen LogP) is 3.18. The van der Waals surface area contributed by atoms with Crippen molar-refractivity contribution in [2.45, 2.75) is 19.3 Å². The standard InChI is InChI=1S/C23H25N3O5/c1-29-17-12-16(13-18(14-17)30-2)26-21(27)19-8-7-15(22(28)31-3)11-20(19)24-23(26)25-9-5-4-6-10-25/h7-8,11-14H,4-6,9-10H2,1-3H3. The maximum atomic E-state index is 13.6. The average molecular weight is 423 g/mol. The van der Waals surface area contributed by atoms with Crippen LogP contribution in [0, 0.1) is 0 Å². The van der Waals surface area contributed by atoms with Gasteiger partial charge in [-0.25, -0.2) is 14.3 Å². The fourth-order valence-electron chi connectivity index (χ4n) is 3.88. The monoisotopic (exact) mass is 423 g/mol. The van der Waals surface area contributed by atoms with Gasteiger partial charge in [0.05, 0.1) is 43.5 Å². The molecule has 1 aromatic heterocycles. The van der Waals surface area contributed by atoms with Crippen molar-refractivity contribution in [3.8, 4) is 17.2 Å². The van der Waals surface area contributed by atoms with E-state index in [-0.39, 0.29) is 5.56 Å². The average Bonchev–Trinajstić information content (AvgIpc) is 2.83. The molecule has 1 saturated heterocycles. The van der Waals surface area contributed by atoms with E-state index in [1.54, 1.807) is 55.2 Å². The van der Waals surface area contributed by atoms with Crippen LogP contribution in [0.15, 0.2) is 41.2 Å². The smallest absolute Gasteiger partial charge is 0.337 e. The topological polar surface area (TPSA) is 82.9 Å². The SMILES string of the molecule is COC(=O)c1ccc2c(=O)n(-c3cc(OC)cc(OC)c3)c(N3CCCCC3)nc2c1. The zero-order chi connectivity index (χ0) is 22.0. The molecule has 0 unspecified atom stereocenters. The second-order valence-electron chi connectivity index (χ2n) is 7.39. The fourth-order valence-corrected chi connectivity index (χ4v) is 3.88. The summed E-state index contributed by atoms with van der Waals surface area (Å²) in [5, 5.41) is 0.412. The third-order valence-corrected chi connectivity index (χ3v) is 5.51. The van der Waals surface area contributed by atoms with Crippen LogP contribution < -0.4 is 19.9 Å². The van der Waals surface area contributed by atoms with Gasteiger partial charge in [-0.3, -0.25) is 4.79 Å². The zero-order valence-corrected chi connectivity index (χ0v) is 17.9. The lowest BCUT2D eigenvalue weighted by Crippen LogP contribution is -2.36. The molecule has 2 heterocycles. The van der Waals surface area contributed by atoms with Crippen molar-refractivity contribution >= 4 is 22.8 Å². The van der Waals surface area contributed by atoms with E-state index in [0.29, 0.717) is 39.6 Å². The Labute approximate surface area is 180 Å². The first-order valence-electron chi connectivity index (χ1n) is 10.2. The Morgan fingerprint density at radius 2 is 1.61 bits per heavy atom. The number of carbonyl (C=O) groups excluding carboxylic acids is 1. The summed E-state index contributed by atoms with van der Waals surface area (Å²) in [5.41, 5.74) is 1.19. The molecule has 31 heavy (non-hydrogen) atoms. The summed E-state index contributed by atoms with van der Waals surface area (Å²) in [7, 11) is 4.47. The third kappa shape index (κ3) is 3.93. The number of nitrogens with zero attached hydrogens (tertiary/aromatic N) is 3. The van der Waals surface area contributed by atoms with Crippen LogP contribution in [0.4, 0.5) is 5.95 Å². The van der Waals surface area contributed by atoms with Gasteiger partial charge in [-0.05, 0) is 37.5 Å². The molecule has 8 heteroatoms. The molecule has 1 aliphatic rings. The van der Waals surface area contributed by atoms with Gasteiger partial charge in [0.1, 0.15) is 11.5 Å². The van der Waals surface area contributed by atoms with Gasteiger partial charge in [0.2, 0.25) is 5.95 Å². The number of aromatic nitrogens is 2. The van der Waals surface area contributed by atoms with Crippen LogP contribution in [0.2, 0.25) is 0 Å². The molecular weight excluding hydrogens is 398 g/mol. The highest BCUT2D eigenvalue weighted by Gasteiger charge is 2.22. The second-order valence-corrected chi connectivity index (χ2v) is 7.39. The molecule has 4 rings (SSSR count). The van der Waals surface area contributed by atoms with Gasteiger partial charge in [0, 0.05) is 31.3 Å². The normalized spacial score (nSPS) is 13.8. The number of piperidine rings is 1. The molecule has 0 radical (unpaired) electrons. The number of hydrogen-bond acceptors (Lipinski definition) is 7. The minimum absolute atomic E-state index is 0.225. The number of anilines is 1. The van der Waals surface area contributed by atoms with Crippen molar-refractivity contribution < 1.29 is 19.0 Å². The van der Waals surface area contributed by atoms with Crippen molar-refractivity contribution in [2.75, 3.05) is 39.3 Å². The first kappa shape index (κ1) is 20.7. The van der Waals surface area contributed by atoms with E-state index in [9.17, 15) is 9.59 Å². The van der Waals surface area contributed by atoms with Crippen LogP contribution in [0.25, 0.3) is 16.6 Å². The number of esters is 1. The number of benzene rings is 2. The summed E-state index contributed by atoms with van der Waals surface area (Å²) >= 11 is 0. The largest absolute Gasteiger partial charge is 0.497 e. The van der Waals surface area contributed by atoms with Crippen LogP contribution in [-0.2, 0) is 4.74 Å². The Kier molecular flexibility index (Phi) is 5.79. The van der Waals surface area contributed by atoms with Gasteiger partial charge in [-0.15, -0.1) is 0 Å². The summed E-state index contributed by atoms with van der Waals surface area (Å²) in [6.07, 6.45) is 3.20. The molecule has 0 atom stereocenters. The summed E-state index contributed by atoms with van der Waals surface area (Å²) in [5.74, 6) is 1.22. The summed E-state index contributed by atoms with van der Waals surface area (Å²) in [6.45, 7) is 1.60. The minimum Gasteiger partial charge on any atom is -0.497 e. The number of methoxy groups -OCH3 is 3. The van der Waals surface area contributed by atoms with Gasteiger partial charge in [-0.1, -0.05) is 0 Å². The van der Waals surface area contributed by atoms with Crippen LogP contribution in [-0.4, -0.2) is 49.9 Å². The summed E-state index contributed by atoms with van der Waals surface area (Å²) in [6, 6.07) is 10.1. The lowest BCUT2D eigenvalue weighted by Gasteiger charge is -2.30. The molecule has 1 fully saturated rings. The summed E-state index contributed by atoms with van der Waals surface area (Å²) in [4.78, 5) is 32.6. The van der Waals surface area contributed by atoms with Gasteiger partial charge < -0.3 is 19.1 Å². The van der Waals surface area contributed by atoms with Crippen LogP contribution in [0.5, 0.6) is 11.5 Å². The van der Waals surface area contributed by atoms with Crippen molar-refractivity contribution in [3.05, 3.63) is 52.3 Å². The van der Waals surface area contributed by atoms with Crippen molar-refractivity contribution in [2.24, 2.45) is 0 Å². The van der Waals surface area contributed by atoms with E-state index in [0.717, 1.165) is 32.4 Å². The first-order valence-corrected chi connectivity index (χ1v) is 10.2.